The summed E-state index contributed by atoms with van der Waals surface area (Å²) >= 11 is 0. The fraction of sp³-hybridized carbons (Fsp3) is 0.250. The molecule has 96 valence electrons. The molecule has 2 aromatic rings. The van der Waals surface area contributed by atoms with Crippen molar-refractivity contribution < 1.29 is 0 Å². The third kappa shape index (κ3) is 4.91. The maximum absolute atomic E-state index is 3.48. The lowest BCUT2D eigenvalue weighted by Crippen LogP contribution is -2.16. The summed E-state index contributed by atoms with van der Waals surface area (Å²) in [7, 11) is 0. The second-order valence-electron chi connectivity index (χ2n) is 4.40. The third-order valence-corrected chi connectivity index (χ3v) is 2.84. The lowest BCUT2D eigenvalue weighted by Gasteiger charge is -2.05. The van der Waals surface area contributed by atoms with Gasteiger partial charge in [-0.3, -0.25) is 0 Å². The van der Waals surface area contributed by atoms with Gasteiger partial charge in [0.15, 0.2) is 0 Å². The molecule has 2 aromatic carbocycles. The van der Waals surface area contributed by atoms with Gasteiger partial charge in [0.25, 0.3) is 0 Å². The molecule has 2 heteroatoms. The van der Waals surface area contributed by atoms with Crippen molar-refractivity contribution in [2.75, 3.05) is 6.54 Å². The van der Waals surface area contributed by atoms with Crippen LogP contribution in [0.25, 0.3) is 0 Å². The molecule has 0 bridgehead atoms. The Kier molecular flexibility index (Phi) is 6.48. The molecule has 0 saturated heterocycles. The Morgan fingerprint density at radius 2 is 1.61 bits per heavy atom. The predicted octanol–water partition coefficient (Wildman–Crippen LogP) is 3.75. The van der Waals surface area contributed by atoms with Gasteiger partial charge in [-0.1, -0.05) is 60.2 Å². The highest BCUT2D eigenvalue weighted by Gasteiger charge is 1.94. The molecule has 0 fully saturated rings. The van der Waals surface area contributed by atoms with Crippen LogP contribution in [0, 0.1) is 6.92 Å². The van der Waals surface area contributed by atoms with E-state index in [2.05, 4.69) is 66.8 Å². The fourth-order valence-corrected chi connectivity index (χ4v) is 1.93. The van der Waals surface area contributed by atoms with Crippen LogP contribution in [0.5, 0.6) is 0 Å². The number of rotatable bonds is 5. The molecule has 1 N–H and O–H groups in total. The van der Waals surface area contributed by atoms with E-state index < -0.39 is 0 Å². The maximum atomic E-state index is 3.48. The van der Waals surface area contributed by atoms with Crippen molar-refractivity contribution >= 4 is 12.4 Å². The molecule has 0 saturated carbocycles. The van der Waals surface area contributed by atoms with Crippen LogP contribution in [0.4, 0.5) is 0 Å². The molecule has 2 rings (SSSR count). The van der Waals surface area contributed by atoms with E-state index in [1.165, 1.54) is 16.7 Å². The molecule has 0 amide bonds. The molecular formula is C16H20ClN. The van der Waals surface area contributed by atoms with Crippen LogP contribution >= 0.6 is 12.4 Å². The maximum Gasteiger partial charge on any atom is 0.0205 e. The molecule has 0 radical (unpaired) electrons. The Balaban J connectivity index is 0.00000162. The van der Waals surface area contributed by atoms with Crippen molar-refractivity contribution in [1.29, 1.82) is 0 Å². The molecule has 0 aliphatic heterocycles. The van der Waals surface area contributed by atoms with E-state index in [0.717, 1.165) is 19.5 Å². The van der Waals surface area contributed by atoms with Crippen molar-refractivity contribution in [2.45, 2.75) is 19.9 Å². The Labute approximate surface area is 116 Å². The molecule has 0 atom stereocenters. The van der Waals surface area contributed by atoms with E-state index >= 15 is 0 Å². The zero-order valence-electron chi connectivity index (χ0n) is 10.7. The number of halogens is 1. The Bertz CT molecular complexity index is 454. The van der Waals surface area contributed by atoms with E-state index in [-0.39, 0.29) is 12.4 Å². The van der Waals surface area contributed by atoms with Crippen LogP contribution in [0.3, 0.4) is 0 Å². The van der Waals surface area contributed by atoms with E-state index in [4.69, 9.17) is 0 Å². The van der Waals surface area contributed by atoms with Crippen molar-refractivity contribution in [3.63, 3.8) is 0 Å². The van der Waals surface area contributed by atoms with Gasteiger partial charge in [0, 0.05) is 6.54 Å². The molecule has 0 unspecified atom stereocenters. The van der Waals surface area contributed by atoms with Gasteiger partial charge in [-0.2, -0.15) is 0 Å². The molecule has 0 heterocycles. The van der Waals surface area contributed by atoms with E-state index in [1.807, 2.05) is 0 Å². The van der Waals surface area contributed by atoms with E-state index in [1.54, 1.807) is 0 Å². The topological polar surface area (TPSA) is 12.0 Å². The average molecular weight is 262 g/mol. The summed E-state index contributed by atoms with van der Waals surface area (Å²) in [6, 6.07) is 19.2. The van der Waals surface area contributed by atoms with Gasteiger partial charge in [0.1, 0.15) is 0 Å². The largest absolute Gasteiger partial charge is 0.312 e. The van der Waals surface area contributed by atoms with Crippen LogP contribution < -0.4 is 5.32 Å². The highest BCUT2D eigenvalue weighted by atomic mass is 35.5. The number of nitrogens with one attached hydrogen (secondary N) is 1. The average Bonchev–Trinajstić information content (AvgIpc) is 2.36. The zero-order chi connectivity index (χ0) is 11.9. The van der Waals surface area contributed by atoms with Crippen molar-refractivity contribution in [2.24, 2.45) is 0 Å². The Hall–Kier alpha value is -1.31. The van der Waals surface area contributed by atoms with Gasteiger partial charge >= 0.3 is 0 Å². The summed E-state index contributed by atoms with van der Waals surface area (Å²) < 4.78 is 0. The van der Waals surface area contributed by atoms with Crippen LogP contribution in [-0.4, -0.2) is 6.54 Å². The van der Waals surface area contributed by atoms with Gasteiger partial charge in [0.2, 0.25) is 0 Å². The Morgan fingerprint density at radius 1 is 0.889 bits per heavy atom. The summed E-state index contributed by atoms with van der Waals surface area (Å²) in [6.45, 7) is 4.11. The normalized spacial score (nSPS) is 9.83. The number of aryl methyl sites for hydroxylation is 1. The van der Waals surface area contributed by atoms with Crippen LogP contribution in [0.2, 0.25) is 0 Å². The van der Waals surface area contributed by atoms with E-state index in [9.17, 15) is 0 Å². The molecule has 0 aliphatic rings. The molecule has 0 aliphatic carbocycles. The van der Waals surface area contributed by atoms with Gasteiger partial charge in [0.05, 0.1) is 0 Å². The minimum atomic E-state index is 0. The molecule has 1 nitrogen and oxygen atoms in total. The Morgan fingerprint density at radius 3 is 2.33 bits per heavy atom. The minimum Gasteiger partial charge on any atom is -0.312 e. The standard InChI is InChI=1S/C16H19N.ClH/c1-14-6-5-9-16(12-14)13-17-11-10-15-7-3-2-4-8-15;/h2-9,12,17H,10-11,13H2,1H3;1H. The summed E-state index contributed by atoms with van der Waals surface area (Å²) in [5.41, 5.74) is 4.08. The van der Waals surface area contributed by atoms with Crippen molar-refractivity contribution in [1.82, 2.24) is 5.32 Å². The number of hydrogen-bond donors (Lipinski definition) is 1. The lowest BCUT2D eigenvalue weighted by atomic mass is 10.1. The van der Waals surface area contributed by atoms with Crippen molar-refractivity contribution in [3.05, 3.63) is 71.3 Å². The minimum absolute atomic E-state index is 0. The van der Waals surface area contributed by atoms with Crippen LogP contribution in [0.15, 0.2) is 54.6 Å². The third-order valence-electron chi connectivity index (χ3n) is 2.84. The van der Waals surface area contributed by atoms with Gasteiger partial charge in [-0.25, -0.2) is 0 Å². The smallest absolute Gasteiger partial charge is 0.0205 e. The quantitative estimate of drug-likeness (QED) is 0.809. The fourth-order valence-electron chi connectivity index (χ4n) is 1.93. The second kappa shape index (κ2) is 7.91. The molecule has 18 heavy (non-hydrogen) atoms. The van der Waals surface area contributed by atoms with Crippen LogP contribution in [0.1, 0.15) is 16.7 Å². The molecule has 0 aromatic heterocycles. The molecular weight excluding hydrogens is 242 g/mol. The highest BCUT2D eigenvalue weighted by molar-refractivity contribution is 5.85. The lowest BCUT2D eigenvalue weighted by molar-refractivity contribution is 0.686. The van der Waals surface area contributed by atoms with E-state index in [0.29, 0.717) is 0 Å². The first kappa shape index (κ1) is 14.7. The van der Waals surface area contributed by atoms with Gasteiger partial charge < -0.3 is 5.32 Å². The number of hydrogen-bond acceptors (Lipinski definition) is 1. The molecule has 0 spiro atoms. The highest BCUT2D eigenvalue weighted by Crippen LogP contribution is 2.03. The monoisotopic (exact) mass is 261 g/mol. The summed E-state index contributed by atoms with van der Waals surface area (Å²) in [5, 5.41) is 3.48. The first-order valence-corrected chi connectivity index (χ1v) is 6.15. The number of benzene rings is 2. The zero-order valence-corrected chi connectivity index (χ0v) is 11.5. The predicted molar refractivity (Wildman–Crippen MR) is 80.3 cm³/mol. The summed E-state index contributed by atoms with van der Waals surface area (Å²) in [5.74, 6) is 0. The first-order valence-electron chi connectivity index (χ1n) is 6.15. The first-order chi connectivity index (χ1) is 8.34. The second-order valence-corrected chi connectivity index (χ2v) is 4.40. The van der Waals surface area contributed by atoms with Gasteiger partial charge in [-0.15, -0.1) is 12.4 Å². The van der Waals surface area contributed by atoms with Gasteiger partial charge in [-0.05, 0) is 31.0 Å². The summed E-state index contributed by atoms with van der Waals surface area (Å²) in [6.07, 6.45) is 1.09. The van der Waals surface area contributed by atoms with Crippen molar-refractivity contribution in [3.8, 4) is 0 Å². The summed E-state index contributed by atoms with van der Waals surface area (Å²) in [4.78, 5) is 0. The van der Waals surface area contributed by atoms with Crippen LogP contribution in [-0.2, 0) is 13.0 Å². The SMILES string of the molecule is Cc1cccc(CNCCc2ccccc2)c1.Cl.